The van der Waals surface area contributed by atoms with Crippen LogP contribution in [0.5, 0.6) is 11.5 Å². The molecule has 0 bridgehead atoms. The van der Waals surface area contributed by atoms with Gasteiger partial charge in [0.25, 0.3) is 0 Å². The number of hydrogen-bond acceptors (Lipinski definition) is 4. The maximum Gasteiger partial charge on any atom is 0.488 e. The Balaban J connectivity index is 3.14. The number of phenols is 1. The topological polar surface area (TPSA) is 69.9 Å². The van der Waals surface area contributed by atoms with Gasteiger partial charge in [-0.2, -0.15) is 0 Å². The van der Waals surface area contributed by atoms with Crippen molar-refractivity contribution < 1.29 is 19.9 Å². The van der Waals surface area contributed by atoms with Crippen molar-refractivity contribution in [1.82, 2.24) is 0 Å². The minimum atomic E-state index is -1.63. The summed E-state index contributed by atoms with van der Waals surface area (Å²) in [6.45, 7) is 2.10. The van der Waals surface area contributed by atoms with Crippen molar-refractivity contribution in [2.24, 2.45) is 0 Å². The van der Waals surface area contributed by atoms with Crippen LogP contribution in [0.1, 0.15) is 6.92 Å². The van der Waals surface area contributed by atoms with Crippen LogP contribution < -0.4 is 10.2 Å². The maximum atomic E-state index is 9.41. The van der Waals surface area contributed by atoms with Crippen molar-refractivity contribution in [1.29, 1.82) is 0 Å². The highest BCUT2D eigenvalue weighted by Crippen LogP contribution is 2.32. The highest BCUT2D eigenvalue weighted by Gasteiger charge is 2.16. The summed E-state index contributed by atoms with van der Waals surface area (Å²) in [5.41, 5.74) is 0.177. The number of benzene rings is 1. The van der Waals surface area contributed by atoms with Crippen LogP contribution in [-0.4, -0.2) is 28.9 Å². The second-order valence-corrected chi connectivity index (χ2v) is 3.06. The van der Waals surface area contributed by atoms with Gasteiger partial charge in [-0.3, -0.25) is 0 Å². The molecule has 0 aliphatic rings. The van der Waals surface area contributed by atoms with Gasteiger partial charge in [0.05, 0.1) is 11.6 Å². The maximum absolute atomic E-state index is 9.41. The van der Waals surface area contributed by atoms with Gasteiger partial charge in [-0.05, 0) is 24.5 Å². The standard InChI is InChI=1S/C8H10BClO4/c1-2-14-7-4-5(9(12)13)3-6(10)8(7)11/h3-4,11-13H,2H2,1H3. The summed E-state index contributed by atoms with van der Waals surface area (Å²) in [5.74, 6) is -0.0546. The lowest BCUT2D eigenvalue weighted by atomic mass is 9.80. The quantitative estimate of drug-likeness (QED) is 0.628. The van der Waals surface area contributed by atoms with E-state index in [4.69, 9.17) is 26.4 Å². The Hall–Kier alpha value is -0.905. The van der Waals surface area contributed by atoms with Gasteiger partial charge >= 0.3 is 7.12 Å². The van der Waals surface area contributed by atoms with Gasteiger partial charge in [-0.1, -0.05) is 11.6 Å². The third-order valence-electron chi connectivity index (χ3n) is 1.65. The fraction of sp³-hybridized carbons (Fsp3) is 0.250. The Labute approximate surface area is 86.9 Å². The summed E-state index contributed by atoms with van der Waals surface area (Å²) in [7, 11) is -1.63. The van der Waals surface area contributed by atoms with Crippen LogP contribution >= 0.6 is 11.6 Å². The van der Waals surface area contributed by atoms with Crippen LogP contribution in [0, 0.1) is 0 Å². The van der Waals surface area contributed by atoms with Crippen molar-refractivity contribution >= 4 is 24.2 Å². The SMILES string of the molecule is CCOc1cc(B(O)O)cc(Cl)c1O. The number of phenolic OH excluding ortho intramolecular Hbond substituents is 1. The van der Waals surface area contributed by atoms with E-state index in [1.165, 1.54) is 12.1 Å². The molecule has 14 heavy (non-hydrogen) atoms. The Morgan fingerprint density at radius 1 is 1.43 bits per heavy atom. The van der Waals surface area contributed by atoms with E-state index < -0.39 is 7.12 Å². The monoisotopic (exact) mass is 216 g/mol. The molecule has 1 aromatic rings. The molecule has 0 saturated carbocycles. The third-order valence-corrected chi connectivity index (χ3v) is 1.94. The molecule has 0 aromatic heterocycles. The first-order chi connectivity index (χ1) is 6.56. The molecule has 0 saturated heterocycles. The molecule has 1 aromatic carbocycles. The van der Waals surface area contributed by atoms with E-state index in [9.17, 15) is 5.11 Å². The van der Waals surface area contributed by atoms with E-state index in [1.54, 1.807) is 6.92 Å². The largest absolute Gasteiger partial charge is 0.503 e. The van der Waals surface area contributed by atoms with Crippen LogP contribution in [0.2, 0.25) is 5.02 Å². The molecule has 3 N–H and O–H groups in total. The van der Waals surface area contributed by atoms with E-state index in [-0.39, 0.29) is 22.0 Å². The Kier molecular flexibility index (Phi) is 3.63. The first kappa shape index (κ1) is 11.2. The van der Waals surface area contributed by atoms with Gasteiger partial charge in [0, 0.05) is 0 Å². The summed E-state index contributed by atoms with van der Waals surface area (Å²) in [6, 6.07) is 2.60. The van der Waals surface area contributed by atoms with E-state index in [2.05, 4.69) is 0 Å². The fourth-order valence-corrected chi connectivity index (χ4v) is 1.23. The molecule has 0 fully saturated rings. The molecule has 6 heteroatoms. The van der Waals surface area contributed by atoms with Crippen LogP contribution in [0.25, 0.3) is 0 Å². The third kappa shape index (κ3) is 2.32. The molecule has 0 heterocycles. The van der Waals surface area contributed by atoms with Crippen molar-refractivity contribution in [3.63, 3.8) is 0 Å². The molecule has 0 amide bonds. The normalized spacial score (nSPS) is 10.0. The summed E-state index contributed by atoms with van der Waals surface area (Å²) in [4.78, 5) is 0. The fourth-order valence-electron chi connectivity index (χ4n) is 1.01. The minimum absolute atomic E-state index is 0.0269. The zero-order valence-electron chi connectivity index (χ0n) is 7.57. The molecule has 4 nitrogen and oxygen atoms in total. The van der Waals surface area contributed by atoms with E-state index in [1.807, 2.05) is 0 Å². The number of aromatic hydroxyl groups is 1. The lowest BCUT2D eigenvalue weighted by Gasteiger charge is -2.09. The van der Waals surface area contributed by atoms with Gasteiger partial charge in [-0.15, -0.1) is 0 Å². The molecule has 1 rings (SSSR count). The Morgan fingerprint density at radius 2 is 2.07 bits per heavy atom. The Bertz CT molecular complexity index is 329. The summed E-state index contributed by atoms with van der Waals surface area (Å²) in [6.07, 6.45) is 0. The smallest absolute Gasteiger partial charge is 0.488 e. The zero-order chi connectivity index (χ0) is 10.7. The van der Waals surface area contributed by atoms with Crippen LogP contribution in [-0.2, 0) is 0 Å². The number of rotatable bonds is 3. The molecular weight excluding hydrogens is 206 g/mol. The summed E-state index contributed by atoms with van der Waals surface area (Å²) >= 11 is 5.65. The number of hydrogen-bond donors (Lipinski definition) is 3. The van der Waals surface area contributed by atoms with Crippen molar-refractivity contribution in [3.05, 3.63) is 17.2 Å². The lowest BCUT2D eigenvalue weighted by molar-refractivity contribution is 0.318. The molecular formula is C8H10BClO4. The van der Waals surface area contributed by atoms with E-state index in [0.717, 1.165) is 0 Å². The van der Waals surface area contributed by atoms with Crippen molar-refractivity contribution in [2.45, 2.75) is 6.92 Å². The molecule has 0 aliphatic carbocycles. The average molecular weight is 216 g/mol. The predicted octanol–water partition coefficient (Wildman–Crippen LogP) is 0.124. The molecule has 0 radical (unpaired) electrons. The molecule has 0 spiro atoms. The van der Waals surface area contributed by atoms with Crippen LogP contribution in [0.4, 0.5) is 0 Å². The summed E-state index contributed by atoms with van der Waals surface area (Å²) < 4.78 is 5.05. The minimum Gasteiger partial charge on any atom is -0.503 e. The van der Waals surface area contributed by atoms with Crippen LogP contribution in [0.15, 0.2) is 12.1 Å². The predicted molar refractivity (Wildman–Crippen MR) is 54.1 cm³/mol. The second-order valence-electron chi connectivity index (χ2n) is 2.66. The van der Waals surface area contributed by atoms with Crippen molar-refractivity contribution in [3.8, 4) is 11.5 Å². The van der Waals surface area contributed by atoms with Gasteiger partial charge in [0.2, 0.25) is 0 Å². The van der Waals surface area contributed by atoms with Crippen molar-refractivity contribution in [2.75, 3.05) is 6.61 Å². The summed E-state index contributed by atoms with van der Waals surface area (Å²) in [5, 5.41) is 27.2. The second kappa shape index (κ2) is 4.55. The molecule has 0 aliphatic heterocycles. The van der Waals surface area contributed by atoms with Gasteiger partial charge < -0.3 is 19.9 Å². The lowest BCUT2D eigenvalue weighted by Crippen LogP contribution is -2.29. The van der Waals surface area contributed by atoms with Gasteiger partial charge in [-0.25, -0.2) is 0 Å². The van der Waals surface area contributed by atoms with E-state index in [0.29, 0.717) is 6.61 Å². The van der Waals surface area contributed by atoms with Gasteiger partial charge in [0.15, 0.2) is 11.5 Å². The first-order valence-electron chi connectivity index (χ1n) is 4.07. The molecule has 0 atom stereocenters. The first-order valence-corrected chi connectivity index (χ1v) is 4.45. The Morgan fingerprint density at radius 3 is 2.57 bits per heavy atom. The van der Waals surface area contributed by atoms with Crippen LogP contribution in [0.3, 0.4) is 0 Å². The highest BCUT2D eigenvalue weighted by molar-refractivity contribution is 6.59. The number of halogens is 1. The highest BCUT2D eigenvalue weighted by atomic mass is 35.5. The molecule has 0 unspecified atom stereocenters. The zero-order valence-corrected chi connectivity index (χ0v) is 8.32. The average Bonchev–Trinajstić information content (AvgIpc) is 2.12. The number of ether oxygens (including phenoxy) is 1. The van der Waals surface area contributed by atoms with E-state index >= 15 is 0 Å². The van der Waals surface area contributed by atoms with Gasteiger partial charge in [0.1, 0.15) is 0 Å². The molecule has 76 valence electrons.